The lowest BCUT2D eigenvalue weighted by atomic mass is 10.1. The standard InChI is InChI=1S/C24H36N2O3/c1-2-3-4-5-6-7-8-9-10-11-12-13-14-15-16-17-22(27)24-25-18-23(29-24)21-19-28-20-26-21/h9-10,18-20H,2-8,11-17H2,1H3/b10-9-. The molecular formula is C24H36N2O3. The molecule has 5 heteroatoms. The van der Waals surface area contributed by atoms with E-state index < -0.39 is 0 Å². The van der Waals surface area contributed by atoms with Crippen LogP contribution in [-0.4, -0.2) is 15.8 Å². The van der Waals surface area contributed by atoms with E-state index in [2.05, 4.69) is 29.0 Å². The molecule has 2 rings (SSSR count). The number of hydrogen-bond donors (Lipinski definition) is 0. The third-order valence-electron chi connectivity index (χ3n) is 5.09. The Kier molecular flexibility index (Phi) is 11.8. The summed E-state index contributed by atoms with van der Waals surface area (Å²) in [5.74, 6) is 0.586. The van der Waals surface area contributed by atoms with Crippen LogP contribution < -0.4 is 0 Å². The van der Waals surface area contributed by atoms with Gasteiger partial charge in [-0.25, -0.2) is 9.97 Å². The minimum atomic E-state index is -0.0441. The predicted molar refractivity (Wildman–Crippen MR) is 116 cm³/mol. The zero-order chi connectivity index (χ0) is 20.6. The van der Waals surface area contributed by atoms with Crippen molar-refractivity contribution in [3.63, 3.8) is 0 Å². The summed E-state index contributed by atoms with van der Waals surface area (Å²) in [7, 11) is 0. The fourth-order valence-electron chi connectivity index (χ4n) is 3.32. The smallest absolute Gasteiger partial charge is 0.263 e. The van der Waals surface area contributed by atoms with Crippen LogP contribution in [0.4, 0.5) is 0 Å². The van der Waals surface area contributed by atoms with Crippen LogP contribution in [-0.2, 0) is 0 Å². The molecule has 0 aliphatic rings. The van der Waals surface area contributed by atoms with E-state index in [1.165, 1.54) is 89.5 Å². The molecule has 0 saturated carbocycles. The molecule has 0 aliphatic carbocycles. The van der Waals surface area contributed by atoms with Gasteiger partial charge < -0.3 is 8.83 Å². The van der Waals surface area contributed by atoms with Gasteiger partial charge in [-0.2, -0.15) is 0 Å². The quantitative estimate of drug-likeness (QED) is 0.156. The van der Waals surface area contributed by atoms with Crippen molar-refractivity contribution in [3.05, 3.63) is 36.9 Å². The van der Waals surface area contributed by atoms with Gasteiger partial charge in [0, 0.05) is 6.42 Å². The number of rotatable bonds is 17. The maximum absolute atomic E-state index is 12.2. The van der Waals surface area contributed by atoms with E-state index in [0.29, 0.717) is 17.9 Å². The first kappa shape index (κ1) is 23.1. The summed E-state index contributed by atoms with van der Waals surface area (Å²) in [6.07, 6.45) is 25.7. The summed E-state index contributed by atoms with van der Waals surface area (Å²) in [6.45, 7) is 2.26. The first-order valence-corrected chi connectivity index (χ1v) is 11.3. The molecule has 2 aromatic heterocycles. The molecule has 0 fully saturated rings. The number of nitrogens with zero attached hydrogens (tertiary/aromatic N) is 2. The molecule has 0 bridgehead atoms. The molecular weight excluding hydrogens is 364 g/mol. The number of carbonyl (C=O) groups is 1. The van der Waals surface area contributed by atoms with Gasteiger partial charge in [-0.15, -0.1) is 0 Å². The van der Waals surface area contributed by atoms with E-state index in [-0.39, 0.29) is 11.7 Å². The van der Waals surface area contributed by atoms with Crippen molar-refractivity contribution < 1.29 is 13.6 Å². The number of allylic oxidation sites excluding steroid dienone is 2. The second kappa shape index (κ2) is 14.8. The summed E-state index contributed by atoms with van der Waals surface area (Å²) in [5.41, 5.74) is 0.553. The molecule has 0 spiro atoms. The van der Waals surface area contributed by atoms with E-state index in [1.54, 1.807) is 0 Å². The first-order valence-electron chi connectivity index (χ1n) is 11.3. The van der Waals surface area contributed by atoms with Crippen LogP contribution in [0.3, 0.4) is 0 Å². The summed E-state index contributed by atoms with van der Waals surface area (Å²) < 4.78 is 10.4. The Balaban J connectivity index is 1.42. The Hall–Kier alpha value is -2.17. The van der Waals surface area contributed by atoms with E-state index in [9.17, 15) is 4.79 Å². The number of ketones is 1. The Morgan fingerprint density at radius 3 is 2.21 bits per heavy atom. The van der Waals surface area contributed by atoms with Crippen LogP contribution in [0.25, 0.3) is 11.5 Å². The lowest BCUT2D eigenvalue weighted by Crippen LogP contribution is -1.98. The zero-order valence-electron chi connectivity index (χ0n) is 17.9. The first-order chi connectivity index (χ1) is 14.3. The molecule has 0 aliphatic heterocycles. The number of hydrogen-bond acceptors (Lipinski definition) is 5. The van der Waals surface area contributed by atoms with Crippen molar-refractivity contribution in [3.8, 4) is 11.5 Å². The van der Waals surface area contributed by atoms with Gasteiger partial charge in [0.25, 0.3) is 5.89 Å². The van der Waals surface area contributed by atoms with E-state index in [4.69, 9.17) is 8.83 Å². The molecule has 2 heterocycles. The maximum atomic E-state index is 12.2. The minimum absolute atomic E-state index is 0.0441. The molecule has 29 heavy (non-hydrogen) atoms. The second-order valence-electron chi connectivity index (χ2n) is 7.66. The predicted octanol–water partition coefficient (Wildman–Crippen LogP) is 7.55. The summed E-state index contributed by atoms with van der Waals surface area (Å²) in [6, 6.07) is 0. The van der Waals surface area contributed by atoms with Crippen molar-refractivity contribution >= 4 is 5.78 Å². The molecule has 0 amide bonds. The number of carbonyl (C=O) groups excluding carboxylic acids is 1. The zero-order valence-corrected chi connectivity index (χ0v) is 17.9. The normalized spacial score (nSPS) is 11.5. The Morgan fingerprint density at radius 2 is 1.55 bits per heavy atom. The molecule has 5 nitrogen and oxygen atoms in total. The molecule has 0 radical (unpaired) electrons. The van der Waals surface area contributed by atoms with E-state index in [1.807, 2.05) is 0 Å². The van der Waals surface area contributed by atoms with Gasteiger partial charge in [0.05, 0.1) is 6.20 Å². The van der Waals surface area contributed by atoms with Crippen LogP contribution in [0.5, 0.6) is 0 Å². The van der Waals surface area contributed by atoms with Crippen molar-refractivity contribution in [2.75, 3.05) is 0 Å². The van der Waals surface area contributed by atoms with Gasteiger partial charge >= 0.3 is 0 Å². The highest BCUT2D eigenvalue weighted by atomic mass is 16.4. The van der Waals surface area contributed by atoms with Gasteiger partial charge in [-0.3, -0.25) is 4.79 Å². The van der Waals surface area contributed by atoms with Crippen LogP contribution >= 0.6 is 0 Å². The number of aromatic nitrogens is 2. The highest BCUT2D eigenvalue weighted by Crippen LogP contribution is 2.19. The van der Waals surface area contributed by atoms with Crippen LogP contribution in [0.2, 0.25) is 0 Å². The monoisotopic (exact) mass is 400 g/mol. The summed E-state index contributed by atoms with van der Waals surface area (Å²) in [4.78, 5) is 20.2. The van der Waals surface area contributed by atoms with Gasteiger partial charge in [-0.05, 0) is 32.1 Å². The highest BCUT2D eigenvalue weighted by molar-refractivity contribution is 5.91. The number of unbranched alkanes of at least 4 members (excludes halogenated alkanes) is 11. The third kappa shape index (κ3) is 9.73. The molecule has 0 saturated heterocycles. The summed E-state index contributed by atoms with van der Waals surface area (Å²) >= 11 is 0. The lowest BCUT2D eigenvalue weighted by Gasteiger charge is -2.00. The number of oxazole rings is 2. The summed E-state index contributed by atoms with van der Waals surface area (Å²) in [5, 5.41) is 0. The minimum Gasteiger partial charge on any atom is -0.451 e. The lowest BCUT2D eigenvalue weighted by molar-refractivity contribution is 0.0946. The average molecular weight is 401 g/mol. The van der Waals surface area contributed by atoms with Crippen LogP contribution in [0.1, 0.15) is 108 Å². The van der Waals surface area contributed by atoms with Crippen molar-refractivity contribution in [1.82, 2.24) is 9.97 Å². The Bertz CT molecular complexity index is 689. The van der Waals surface area contributed by atoms with E-state index in [0.717, 1.165) is 12.8 Å². The van der Waals surface area contributed by atoms with Gasteiger partial charge in [-0.1, -0.05) is 70.4 Å². The second-order valence-corrected chi connectivity index (χ2v) is 7.66. The van der Waals surface area contributed by atoms with Crippen molar-refractivity contribution in [2.24, 2.45) is 0 Å². The Labute approximate surface area is 175 Å². The van der Waals surface area contributed by atoms with Gasteiger partial charge in [0.1, 0.15) is 12.0 Å². The Morgan fingerprint density at radius 1 is 0.897 bits per heavy atom. The van der Waals surface area contributed by atoms with Crippen molar-refractivity contribution in [2.45, 2.75) is 96.8 Å². The van der Waals surface area contributed by atoms with Gasteiger partial charge in [0.2, 0.25) is 5.78 Å². The largest absolute Gasteiger partial charge is 0.451 e. The molecule has 2 aromatic rings. The fraction of sp³-hybridized carbons (Fsp3) is 0.625. The van der Waals surface area contributed by atoms with Crippen LogP contribution in [0, 0.1) is 0 Å². The molecule has 0 N–H and O–H groups in total. The molecule has 0 aromatic carbocycles. The molecule has 0 unspecified atom stereocenters. The SMILES string of the molecule is CCCCCCCC/C=C\CCCCCCCC(=O)c1ncc(-c2cocn2)o1. The van der Waals surface area contributed by atoms with E-state index >= 15 is 0 Å². The number of Topliss-reactive ketones (excluding diaryl/α,β-unsaturated/α-hetero) is 1. The van der Waals surface area contributed by atoms with Crippen molar-refractivity contribution in [1.29, 1.82) is 0 Å². The van der Waals surface area contributed by atoms with Gasteiger partial charge in [0.15, 0.2) is 12.2 Å². The topological polar surface area (TPSA) is 69.1 Å². The average Bonchev–Trinajstić information content (AvgIpc) is 3.42. The van der Waals surface area contributed by atoms with Crippen LogP contribution in [0.15, 0.2) is 39.8 Å². The molecule has 0 atom stereocenters. The highest BCUT2D eigenvalue weighted by Gasteiger charge is 2.15. The third-order valence-corrected chi connectivity index (χ3v) is 5.09. The fourth-order valence-corrected chi connectivity index (χ4v) is 3.32. The maximum Gasteiger partial charge on any atom is 0.263 e. The molecule has 160 valence electrons.